The van der Waals surface area contributed by atoms with E-state index in [0.29, 0.717) is 6.42 Å². The molecule has 1 fully saturated rings. The molecule has 1 aliphatic rings. The Morgan fingerprint density at radius 3 is 2.79 bits per heavy atom. The minimum Gasteiger partial charge on any atom is -0.497 e. The minimum absolute atomic E-state index is 0.0309. The monoisotopic (exact) mass is 263 g/mol. The predicted octanol–water partition coefficient (Wildman–Crippen LogP) is 1.61. The van der Waals surface area contributed by atoms with Crippen LogP contribution < -0.4 is 4.74 Å². The van der Waals surface area contributed by atoms with Gasteiger partial charge in [0.05, 0.1) is 19.8 Å². The highest BCUT2D eigenvalue weighted by Crippen LogP contribution is 2.19. The summed E-state index contributed by atoms with van der Waals surface area (Å²) < 4.78 is 5.10. The molecule has 0 unspecified atom stereocenters. The number of aryl methyl sites for hydroxylation is 1. The van der Waals surface area contributed by atoms with Gasteiger partial charge in [-0.1, -0.05) is 12.1 Å². The van der Waals surface area contributed by atoms with Crippen LogP contribution in [0.2, 0.25) is 0 Å². The molecular formula is C15H21NO3. The van der Waals surface area contributed by atoms with Gasteiger partial charge in [0.15, 0.2) is 0 Å². The van der Waals surface area contributed by atoms with E-state index in [4.69, 9.17) is 4.74 Å². The Balaban J connectivity index is 1.85. The zero-order valence-electron chi connectivity index (χ0n) is 11.3. The van der Waals surface area contributed by atoms with Crippen molar-refractivity contribution in [1.82, 2.24) is 4.90 Å². The van der Waals surface area contributed by atoms with Crippen molar-refractivity contribution in [1.29, 1.82) is 0 Å². The number of nitrogens with zero attached hydrogens (tertiary/aromatic N) is 1. The molecule has 0 saturated carbocycles. The highest BCUT2D eigenvalue weighted by molar-refractivity contribution is 5.77. The maximum Gasteiger partial charge on any atom is 0.223 e. The van der Waals surface area contributed by atoms with Crippen molar-refractivity contribution in [2.45, 2.75) is 31.7 Å². The first-order chi connectivity index (χ1) is 9.24. The van der Waals surface area contributed by atoms with Crippen molar-refractivity contribution >= 4 is 5.91 Å². The van der Waals surface area contributed by atoms with Crippen LogP contribution >= 0.6 is 0 Å². The SMILES string of the molecule is COc1ccc(CCC(=O)N2CCC[C@H]2CO)cc1. The summed E-state index contributed by atoms with van der Waals surface area (Å²) in [6, 6.07) is 7.82. The molecule has 1 aromatic carbocycles. The van der Waals surface area contributed by atoms with Crippen LogP contribution in [0.1, 0.15) is 24.8 Å². The second-order valence-electron chi connectivity index (χ2n) is 4.91. The van der Waals surface area contributed by atoms with Crippen molar-refractivity contribution in [2.24, 2.45) is 0 Å². The van der Waals surface area contributed by atoms with Crippen molar-refractivity contribution < 1.29 is 14.6 Å². The fourth-order valence-corrected chi connectivity index (χ4v) is 2.54. The van der Waals surface area contributed by atoms with E-state index in [9.17, 15) is 9.90 Å². The van der Waals surface area contributed by atoms with E-state index < -0.39 is 0 Å². The van der Waals surface area contributed by atoms with Gasteiger partial charge in [0.1, 0.15) is 5.75 Å². The summed E-state index contributed by atoms with van der Waals surface area (Å²) >= 11 is 0. The molecule has 0 aliphatic carbocycles. The van der Waals surface area contributed by atoms with E-state index in [-0.39, 0.29) is 18.6 Å². The number of aliphatic hydroxyl groups is 1. The summed E-state index contributed by atoms with van der Waals surface area (Å²) in [5.74, 6) is 0.974. The summed E-state index contributed by atoms with van der Waals surface area (Å²) in [4.78, 5) is 13.9. The second-order valence-corrected chi connectivity index (χ2v) is 4.91. The summed E-state index contributed by atoms with van der Waals surface area (Å²) in [5.41, 5.74) is 1.13. The van der Waals surface area contributed by atoms with Crippen LogP contribution in [0.25, 0.3) is 0 Å². The lowest BCUT2D eigenvalue weighted by molar-refractivity contribution is -0.132. The van der Waals surface area contributed by atoms with Gasteiger partial charge in [-0.05, 0) is 37.0 Å². The Morgan fingerprint density at radius 1 is 1.42 bits per heavy atom. The van der Waals surface area contributed by atoms with Gasteiger partial charge in [0.25, 0.3) is 0 Å². The molecule has 2 rings (SSSR count). The van der Waals surface area contributed by atoms with Crippen molar-refractivity contribution in [2.75, 3.05) is 20.3 Å². The molecule has 104 valence electrons. The fourth-order valence-electron chi connectivity index (χ4n) is 2.54. The number of aliphatic hydroxyl groups excluding tert-OH is 1. The standard InChI is InChI=1S/C15H21NO3/c1-19-14-7-4-12(5-8-14)6-9-15(18)16-10-2-3-13(16)11-17/h4-5,7-8,13,17H,2-3,6,9-11H2,1H3/t13-/m0/s1. The average molecular weight is 263 g/mol. The average Bonchev–Trinajstić information content (AvgIpc) is 2.93. The lowest BCUT2D eigenvalue weighted by atomic mass is 10.1. The summed E-state index contributed by atoms with van der Waals surface area (Å²) in [5, 5.41) is 9.22. The zero-order chi connectivity index (χ0) is 13.7. The van der Waals surface area contributed by atoms with Crippen LogP contribution in [-0.2, 0) is 11.2 Å². The Morgan fingerprint density at radius 2 is 2.16 bits per heavy atom. The number of ether oxygens (including phenoxy) is 1. The molecule has 1 atom stereocenters. The van der Waals surface area contributed by atoms with E-state index in [1.807, 2.05) is 29.2 Å². The number of carbonyl (C=O) groups excluding carboxylic acids is 1. The highest BCUT2D eigenvalue weighted by Gasteiger charge is 2.27. The minimum atomic E-state index is 0.0309. The molecule has 0 bridgehead atoms. The Hall–Kier alpha value is -1.55. The molecule has 4 heteroatoms. The van der Waals surface area contributed by atoms with Gasteiger partial charge in [0, 0.05) is 13.0 Å². The summed E-state index contributed by atoms with van der Waals surface area (Å²) in [6.07, 6.45) is 3.16. The third-order valence-corrected chi connectivity index (χ3v) is 3.69. The molecule has 1 aromatic rings. The Bertz CT molecular complexity index is 416. The van der Waals surface area contributed by atoms with Gasteiger partial charge in [-0.3, -0.25) is 4.79 Å². The molecule has 0 radical (unpaired) electrons. The van der Waals surface area contributed by atoms with Crippen LogP contribution in [0.3, 0.4) is 0 Å². The quantitative estimate of drug-likeness (QED) is 0.878. The largest absolute Gasteiger partial charge is 0.497 e. The number of amides is 1. The van der Waals surface area contributed by atoms with Crippen LogP contribution in [0.5, 0.6) is 5.75 Å². The molecule has 19 heavy (non-hydrogen) atoms. The normalized spacial score (nSPS) is 18.6. The fraction of sp³-hybridized carbons (Fsp3) is 0.533. The summed E-state index contributed by atoms with van der Waals surface area (Å²) in [6.45, 7) is 0.862. The molecular weight excluding hydrogens is 242 g/mol. The van der Waals surface area contributed by atoms with Gasteiger partial charge in [-0.15, -0.1) is 0 Å². The van der Waals surface area contributed by atoms with Gasteiger partial charge in [-0.2, -0.15) is 0 Å². The van der Waals surface area contributed by atoms with Crippen molar-refractivity contribution in [3.63, 3.8) is 0 Å². The number of methoxy groups -OCH3 is 1. The number of carbonyl (C=O) groups is 1. The molecule has 1 aliphatic heterocycles. The van der Waals surface area contributed by atoms with Gasteiger partial charge >= 0.3 is 0 Å². The van der Waals surface area contributed by atoms with Crippen LogP contribution in [0, 0.1) is 0 Å². The smallest absolute Gasteiger partial charge is 0.223 e. The zero-order valence-corrected chi connectivity index (χ0v) is 11.3. The first-order valence-electron chi connectivity index (χ1n) is 6.78. The van der Waals surface area contributed by atoms with Crippen LogP contribution in [0.4, 0.5) is 0 Å². The van der Waals surface area contributed by atoms with Crippen molar-refractivity contribution in [3.05, 3.63) is 29.8 Å². The number of rotatable bonds is 5. The maximum atomic E-state index is 12.1. The van der Waals surface area contributed by atoms with Gasteiger partial charge < -0.3 is 14.7 Å². The first kappa shape index (κ1) is 13.9. The Labute approximate surface area is 114 Å². The number of benzene rings is 1. The first-order valence-corrected chi connectivity index (χ1v) is 6.78. The predicted molar refractivity (Wildman–Crippen MR) is 73.1 cm³/mol. The molecule has 0 spiro atoms. The van der Waals surface area contributed by atoms with E-state index in [1.165, 1.54) is 0 Å². The molecule has 1 amide bonds. The van der Waals surface area contributed by atoms with Crippen LogP contribution in [-0.4, -0.2) is 42.2 Å². The Kier molecular flexibility index (Phi) is 4.80. The topological polar surface area (TPSA) is 49.8 Å². The molecule has 1 N–H and O–H groups in total. The molecule has 4 nitrogen and oxygen atoms in total. The van der Waals surface area contributed by atoms with Crippen molar-refractivity contribution in [3.8, 4) is 5.75 Å². The van der Waals surface area contributed by atoms with Crippen LogP contribution in [0.15, 0.2) is 24.3 Å². The molecule has 0 aromatic heterocycles. The molecule has 1 heterocycles. The van der Waals surface area contributed by atoms with Gasteiger partial charge in [0.2, 0.25) is 5.91 Å². The van der Waals surface area contributed by atoms with E-state index >= 15 is 0 Å². The number of hydrogen-bond donors (Lipinski definition) is 1. The second kappa shape index (κ2) is 6.57. The highest BCUT2D eigenvalue weighted by atomic mass is 16.5. The lowest BCUT2D eigenvalue weighted by Crippen LogP contribution is -2.37. The third-order valence-electron chi connectivity index (χ3n) is 3.69. The summed E-state index contributed by atoms with van der Waals surface area (Å²) in [7, 11) is 1.64. The molecule has 1 saturated heterocycles. The van der Waals surface area contributed by atoms with Gasteiger partial charge in [-0.25, -0.2) is 0 Å². The maximum absolute atomic E-state index is 12.1. The number of likely N-dealkylation sites (tertiary alicyclic amines) is 1. The van der Waals surface area contributed by atoms with E-state index in [2.05, 4.69) is 0 Å². The lowest BCUT2D eigenvalue weighted by Gasteiger charge is -2.23. The third kappa shape index (κ3) is 3.47. The van der Waals surface area contributed by atoms with E-state index in [0.717, 1.165) is 37.1 Å². The number of hydrogen-bond acceptors (Lipinski definition) is 3. The van der Waals surface area contributed by atoms with E-state index in [1.54, 1.807) is 7.11 Å².